The standard InChI is InChI=1S/C24H20ClN5OS/c1-31-20-10-3-2-8-18(20)30-23(22(28-24(30)32)17-7-4-5-13-26-17)19-9-6-14-29(19)21-12-11-16(25)15-27-21/h2-15,22-23H,1H3,(H,28,32)/t22-,23+/m1/s1. The highest BCUT2D eigenvalue weighted by Crippen LogP contribution is 2.44. The van der Waals surface area contributed by atoms with Crippen LogP contribution in [0.25, 0.3) is 5.82 Å². The van der Waals surface area contributed by atoms with Crippen molar-refractivity contribution < 1.29 is 4.74 Å². The van der Waals surface area contributed by atoms with Crippen LogP contribution < -0.4 is 15.0 Å². The van der Waals surface area contributed by atoms with Gasteiger partial charge in [0.25, 0.3) is 0 Å². The molecule has 1 aliphatic heterocycles. The van der Waals surface area contributed by atoms with Crippen LogP contribution in [0.15, 0.2) is 85.3 Å². The first-order chi connectivity index (χ1) is 15.7. The molecule has 1 aromatic carbocycles. The van der Waals surface area contributed by atoms with Crippen molar-refractivity contribution in [3.63, 3.8) is 0 Å². The minimum atomic E-state index is -0.193. The zero-order chi connectivity index (χ0) is 22.1. The molecule has 0 amide bonds. The number of hydrogen-bond acceptors (Lipinski definition) is 4. The van der Waals surface area contributed by atoms with Gasteiger partial charge >= 0.3 is 0 Å². The molecule has 160 valence electrons. The summed E-state index contributed by atoms with van der Waals surface area (Å²) in [5.74, 6) is 1.51. The Morgan fingerprint density at radius 2 is 1.84 bits per heavy atom. The Bertz CT molecular complexity index is 1240. The smallest absolute Gasteiger partial charge is 0.174 e. The third-order valence-corrected chi connectivity index (χ3v) is 6.02. The Balaban J connectivity index is 1.68. The van der Waals surface area contributed by atoms with E-state index in [1.165, 1.54) is 0 Å². The van der Waals surface area contributed by atoms with Crippen molar-refractivity contribution in [3.8, 4) is 11.6 Å². The lowest BCUT2D eigenvalue weighted by atomic mass is 10.0. The van der Waals surface area contributed by atoms with Gasteiger partial charge in [0, 0.05) is 24.3 Å². The number of ether oxygens (including phenoxy) is 1. The molecule has 0 radical (unpaired) electrons. The van der Waals surface area contributed by atoms with Crippen LogP contribution in [0.3, 0.4) is 0 Å². The van der Waals surface area contributed by atoms with Gasteiger partial charge in [-0.25, -0.2) is 4.98 Å². The number of pyridine rings is 2. The molecular formula is C24H20ClN5OS. The molecule has 5 rings (SSSR count). The first-order valence-electron chi connectivity index (χ1n) is 10.1. The van der Waals surface area contributed by atoms with E-state index in [9.17, 15) is 0 Å². The summed E-state index contributed by atoms with van der Waals surface area (Å²) in [5.41, 5.74) is 2.79. The summed E-state index contributed by atoms with van der Waals surface area (Å²) >= 11 is 11.9. The van der Waals surface area contributed by atoms with Crippen LogP contribution in [0, 0.1) is 0 Å². The number of halogens is 1. The predicted octanol–water partition coefficient (Wildman–Crippen LogP) is 5.11. The van der Waals surface area contributed by atoms with E-state index in [4.69, 9.17) is 28.6 Å². The minimum absolute atomic E-state index is 0.172. The third-order valence-electron chi connectivity index (χ3n) is 5.48. The average Bonchev–Trinajstić information content (AvgIpc) is 3.44. The topological polar surface area (TPSA) is 55.2 Å². The zero-order valence-corrected chi connectivity index (χ0v) is 18.8. The number of hydrogen-bond donors (Lipinski definition) is 1. The van der Waals surface area contributed by atoms with Gasteiger partial charge < -0.3 is 19.5 Å². The fourth-order valence-electron chi connectivity index (χ4n) is 4.10. The van der Waals surface area contributed by atoms with Crippen LogP contribution in [0.2, 0.25) is 5.02 Å². The number of benzene rings is 1. The summed E-state index contributed by atoms with van der Waals surface area (Å²) < 4.78 is 7.71. The second kappa shape index (κ2) is 8.61. The van der Waals surface area contributed by atoms with Gasteiger partial charge in [-0.2, -0.15) is 0 Å². The fraction of sp³-hybridized carbons (Fsp3) is 0.125. The lowest BCUT2D eigenvalue weighted by molar-refractivity contribution is 0.414. The van der Waals surface area contributed by atoms with Crippen molar-refractivity contribution in [1.82, 2.24) is 19.9 Å². The summed E-state index contributed by atoms with van der Waals surface area (Å²) in [5, 5.41) is 4.68. The number of nitrogens with one attached hydrogen (secondary N) is 1. The van der Waals surface area contributed by atoms with Gasteiger partial charge in [0.15, 0.2) is 5.11 Å². The number of aromatic nitrogens is 3. The van der Waals surface area contributed by atoms with Crippen LogP contribution >= 0.6 is 23.8 Å². The summed E-state index contributed by atoms with van der Waals surface area (Å²) in [6, 6.07) is 21.2. The third kappa shape index (κ3) is 3.59. The van der Waals surface area contributed by atoms with Crippen molar-refractivity contribution in [1.29, 1.82) is 0 Å². The van der Waals surface area contributed by atoms with Gasteiger partial charge in [0.05, 0.1) is 29.6 Å². The van der Waals surface area contributed by atoms with Crippen molar-refractivity contribution >= 4 is 34.6 Å². The maximum absolute atomic E-state index is 6.07. The average molecular weight is 462 g/mol. The van der Waals surface area contributed by atoms with Crippen LogP contribution in [-0.4, -0.2) is 26.8 Å². The number of rotatable bonds is 5. The number of thiocarbonyl (C=S) groups is 1. The van der Waals surface area contributed by atoms with E-state index in [2.05, 4.69) is 30.8 Å². The molecule has 1 N–H and O–H groups in total. The molecule has 0 bridgehead atoms. The van der Waals surface area contributed by atoms with Gasteiger partial charge in [-0.05, 0) is 60.7 Å². The largest absolute Gasteiger partial charge is 0.495 e. The highest BCUT2D eigenvalue weighted by Gasteiger charge is 2.43. The van der Waals surface area contributed by atoms with Gasteiger partial charge in [-0.3, -0.25) is 4.98 Å². The highest BCUT2D eigenvalue weighted by molar-refractivity contribution is 7.80. The maximum atomic E-state index is 6.07. The molecule has 0 spiro atoms. The Morgan fingerprint density at radius 3 is 2.59 bits per heavy atom. The van der Waals surface area contributed by atoms with Crippen molar-refractivity contribution in [2.45, 2.75) is 12.1 Å². The molecule has 32 heavy (non-hydrogen) atoms. The van der Waals surface area contributed by atoms with Gasteiger partial charge in [-0.1, -0.05) is 29.8 Å². The van der Waals surface area contributed by atoms with E-state index in [1.54, 1.807) is 19.5 Å². The number of para-hydroxylation sites is 2. The maximum Gasteiger partial charge on any atom is 0.174 e. The predicted molar refractivity (Wildman–Crippen MR) is 129 cm³/mol. The SMILES string of the molecule is COc1ccccc1N1C(=S)N[C@H](c2ccccn2)[C@@H]1c1cccn1-c1ccc(Cl)cn1. The molecule has 6 nitrogen and oxygen atoms in total. The molecule has 4 heterocycles. The van der Waals surface area contributed by atoms with Gasteiger partial charge in [0.1, 0.15) is 17.6 Å². The summed E-state index contributed by atoms with van der Waals surface area (Å²) in [6.07, 6.45) is 5.43. The van der Waals surface area contributed by atoms with Crippen LogP contribution in [-0.2, 0) is 0 Å². The second-order valence-corrected chi connectivity index (χ2v) is 8.13. The van der Waals surface area contributed by atoms with E-state index in [0.717, 1.165) is 28.6 Å². The second-order valence-electron chi connectivity index (χ2n) is 7.31. The molecule has 1 saturated heterocycles. The molecule has 1 aliphatic rings. The normalized spacial score (nSPS) is 17.9. The lowest BCUT2D eigenvalue weighted by Gasteiger charge is -2.29. The molecule has 8 heteroatoms. The Labute approximate surface area is 196 Å². The molecule has 1 fully saturated rings. The zero-order valence-electron chi connectivity index (χ0n) is 17.2. The summed E-state index contributed by atoms with van der Waals surface area (Å²) in [7, 11) is 1.66. The Kier molecular flexibility index (Phi) is 5.51. The van der Waals surface area contributed by atoms with E-state index in [-0.39, 0.29) is 12.1 Å². The quantitative estimate of drug-likeness (QED) is 0.417. The summed E-state index contributed by atoms with van der Waals surface area (Å²) in [4.78, 5) is 11.2. The molecule has 0 unspecified atom stereocenters. The van der Waals surface area contributed by atoms with Crippen molar-refractivity contribution in [2.75, 3.05) is 12.0 Å². The first kappa shape index (κ1) is 20.5. The Morgan fingerprint density at radius 1 is 1.00 bits per heavy atom. The molecular weight excluding hydrogens is 442 g/mol. The van der Waals surface area contributed by atoms with E-state index in [0.29, 0.717) is 10.1 Å². The van der Waals surface area contributed by atoms with Crippen LogP contribution in [0.1, 0.15) is 23.5 Å². The molecule has 0 saturated carbocycles. The van der Waals surface area contributed by atoms with Gasteiger partial charge in [-0.15, -0.1) is 0 Å². The molecule has 0 aliphatic carbocycles. The fourth-order valence-corrected chi connectivity index (χ4v) is 4.55. The highest BCUT2D eigenvalue weighted by atomic mass is 35.5. The van der Waals surface area contributed by atoms with E-state index >= 15 is 0 Å². The molecule has 2 atom stereocenters. The number of anilines is 1. The van der Waals surface area contributed by atoms with Crippen molar-refractivity contribution in [3.05, 3.63) is 102 Å². The van der Waals surface area contributed by atoms with Crippen LogP contribution in [0.4, 0.5) is 5.69 Å². The minimum Gasteiger partial charge on any atom is -0.495 e. The molecule has 4 aromatic rings. The molecule has 3 aromatic heterocycles. The lowest BCUT2D eigenvalue weighted by Crippen LogP contribution is -2.30. The van der Waals surface area contributed by atoms with E-state index < -0.39 is 0 Å². The number of nitrogens with zero attached hydrogens (tertiary/aromatic N) is 4. The van der Waals surface area contributed by atoms with E-state index in [1.807, 2.05) is 66.9 Å². The van der Waals surface area contributed by atoms with Gasteiger partial charge in [0.2, 0.25) is 0 Å². The summed E-state index contributed by atoms with van der Waals surface area (Å²) in [6.45, 7) is 0. The van der Waals surface area contributed by atoms with Crippen molar-refractivity contribution in [2.24, 2.45) is 0 Å². The van der Waals surface area contributed by atoms with Crippen LogP contribution in [0.5, 0.6) is 5.75 Å². The monoisotopic (exact) mass is 461 g/mol. The Hall–Kier alpha value is -3.42. The number of methoxy groups -OCH3 is 1. The first-order valence-corrected chi connectivity index (χ1v) is 10.9.